The Morgan fingerprint density at radius 1 is 1.03 bits per heavy atom. The summed E-state index contributed by atoms with van der Waals surface area (Å²) in [5.74, 6) is -1.14. The zero-order valence-corrected chi connectivity index (χ0v) is 19.6. The Kier molecular flexibility index (Phi) is 6.22. The average molecular weight is 511 g/mol. The number of nitrogens with zero attached hydrogens (tertiary/aromatic N) is 4. The van der Waals surface area contributed by atoms with Crippen LogP contribution in [-0.4, -0.2) is 32.2 Å². The minimum atomic E-state index is -4.46. The van der Waals surface area contributed by atoms with Gasteiger partial charge in [0.25, 0.3) is 0 Å². The summed E-state index contributed by atoms with van der Waals surface area (Å²) in [6, 6.07) is 9.32. The van der Waals surface area contributed by atoms with Gasteiger partial charge in [-0.25, -0.2) is 14.4 Å². The summed E-state index contributed by atoms with van der Waals surface area (Å²) in [6.07, 6.45) is 0.511. The molecule has 11 heteroatoms. The molecule has 0 spiro atoms. The van der Waals surface area contributed by atoms with Crippen LogP contribution in [0.3, 0.4) is 0 Å². The van der Waals surface area contributed by atoms with E-state index in [9.17, 15) is 22.4 Å². The van der Waals surface area contributed by atoms with Gasteiger partial charge in [0.15, 0.2) is 11.6 Å². The van der Waals surface area contributed by atoms with E-state index in [1.54, 1.807) is 24.7 Å². The van der Waals surface area contributed by atoms with E-state index in [1.165, 1.54) is 12.1 Å². The lowest BCUT2D eigenvalue weighted by Gasteiger charge is -2.14. The van der Waals surface area contributed by atoms with Crippen LogP contribution in [0, 0.1) is 12.7 Å². The minimum Gasteiger partial charge on any atom is -0.358 e. The van der Waals surface area contributed by atoms with Crippen LogP contribution in [0.1, 0.15) is 41.2 Å². The van der Waals surface area contributed by atoms with Crippen LogP contribution in [0.2, 0.25) is 0 Å². The van der Waals surface area contributed by atoms with E-state index >= 15 is 0 Å². The van der Waals surface area contributed by atoms with Gasteiger partial charge in [0.1, 0.15) is 17.1 Å². The molecule has 3 heterocycles. The van der Waals surface area contributed by atoms with Crippen molar-refractivity contribution in [2.24, 2.45) is 0 Å². The summed E-state index contributed by atoms with van der Waals surface area (Å²) in [7, 11) is 0. The number of hydrogen-bond acceptors (Lipinski definition) is 6. The zero-order valence-electron chi connectivity index (χ0n) is 19.6. The van der Waals surface area contributed by atoms with Crippen LogP contribution in [0.15, 0.2) is 59.5 Å². The number of rotatable bonds is 7. The van der Waals surface area contributed by atoms with Gasteiger partial charge in [0.2, 0.25) is 5.91 Å². The first kappa shape index (κ1) is 24.5. The molecule has 4 aromatic rings. The summed E-state index contributed by atoms with van der Waals surface area (Å²) >= 11 is 0. The second kappa shape index (κ2) is 9.38. The lowest BCUT2D eigenvalue weighted by atomic mass is 10.0. The van der Waals surface area contributed by atoms with Crippen LogP contribution in [-0.2, 0) is 23.1 Å². The summed E-state index contributed by atoms with van der Waals surface area (Å²) in [5, 5.41) is 5.88. The fourth-order valence-electron chi connectivity index (χ4n) is 3.97. The van der Waals surface area contributed by atoms with Gasteiger partial charge in [-0.05, 0) is 48.6 Å². The maximum absolute atomic E-state index is 14.7. The molecule has 1 aliphatic rings. The molecule has 190 valence electrons. The molecule has 5 rings (SSSR count). The number of aromatic nitrogens is 4. The van der Waals surface area contributed by atoms with Crippen molar-refractivity contribution in [2.75, 3.05) is 5.32 Å². The predicted molar refractivity (Wildman–Crippen MR) is 125 cm³/mol. The molecule has 1 amide bonds. The highest BCUT2D eigenvalue weighted by atomic mass is 19.4. The standard InChI is InChI=1S/C26H21F4N5O2/c1-15-2-3-16(12-31-15)8-22-32-13-19(14-33-22)17-4-5-18(20(27)9-17)10-24(36)34-23-11-21(37-35-23)25(6-7-25)26(28,29)30/h2-5,9,11-14H,6-8,10H2,1H3,(H,34,35,36). The SMILES string of the molecule is Cc1ccc(Cc2ncc(-c3ccc(CC(=O)Nc4cc(C5(C(F)(F)F)CC5)on4)c(F)c3)cn2)cn1. The van der Waals surface area contributed by atoms with E-state index in [-0.39, 0.29) is 36.4 Å². The Morgan fingerprint density at radius 2 is 1.78 bits per heavy atom. The zero-order chi connectivity index (χ0) is 26.2. The maximum Gasteiger partial charge on any atom is 0.401 e. The Bertz CT molecular complexity index is 1430. The number of pyridine rings is 1. The van der Waals surface area contributed by atoms with E-state index in [1.807, 2.05) is 19.1 Å². The van der Waals surface area contributed by atoms with E-state index in [4.69, 9.17) is 4.52 Å². The van der Waals surface area contributed by atoms with E-state index in [2.05, 4.69) is 25.4 Å². The number of alkyl halides is 3. The molecule has 0 atom stereocenters. The second-order valence-electron chi connectivity index (χ2n) is 9.06. The summed E-state index contributed by atoms with van der Waals surface area (Å²) in [6.45, 7) is 1.91. The van der Waals surface area contributed by atoms with Gasteiger partial charge >= 0.3 is 6.18 Å². The Balaban J connectivity index is 1.21. The number of nitrogens with one attached hydrogen (secondary N) is 1. The van der Waals surface area contributed by atoms with Gasteiger partial charge < -0.3 is 9.84 Å². The molecule has 7 nitrogen and oxygen atoms in total. The average Bonchev–Trinajstić information content (AvgIpc) is 3.56. The molecule has 1 aliphatic carbocycles. The lowest BCUT2D eigenvalue weighted by molar-refractivity contribution is -0.165. The van der Waals surface area contributed by atoms with Crippen molar-refractivity contribution in [2.45, 2.75) is 44.2 Å². The molecule has 0 saturated heterocycles. The molecule has 0 radical (unpaired) electrons. The Labute approximate surface area is 209 Å². The predicted octanol–water partition coefficient (Wildman–Crippen LogP) is 5.34. The fourth-order valence-corrected chi connectivity index (χ4v) is 3.97. The van der Waals surface area contributed by atoms with Crippen LogP contribution in [0.25, 0.3) is 11.1 Å². The summed E-state index contributed by atoms with van der Waals surface area (Å²) in [5.41, 5.74) is 1.11. The third kappa shape index (κ3) is 5.20. The molecule has 37 heavy (non-hydrogen) atoms. The van der Waals surface area contributed by atoms with Gasteiger partial charge in [-0.3, -0.25) is 9.78 Å². The van der Waals surface area contributed by atoms with Crippen molar-refractivity contribution in [1.82, 2.24) is 20.1 Å². The third-order valence-electron chi connectivity index (χ3n) is 6.32. The Morgan fingerprint density at radius 3 is 2.41 bits per heavy atom. The number of benzene rings is 1. The number of hydrogen-bond donors (Lipinski definition) is 1. The van der Waals surface area contributed by atoms with Gasteiger partial charge in [0, 0.05) is 42.3 Å². The molecule has 1 saturated carbocycles. The van der Waals surface area contributed by atoms with Crippen molar-refractivity contribution >= 4 is 11.7 Å². The highest BCUT2D eigenvalue weighted by molar-refractivity contribution is 5.91. The molecular weight excluding hydrogens is 490 g/mol. The van der Waals surface area contributed by atoms with Crippen molar-refractivity contribution in [3.63, 3.8) is 0 Å². The molecule has 1 aromatic carbocycles. The number of aryl methyl sites for hydroxylation is 1. The first-order valence-corrected chi connectivity index (χ1v) is 11.5. The van der Waals surface area contributed by atoms with Crippen LogP contribution in [0.4, 0.5) is 23.4 Å². The minimum absolute atomic E-state index is 0.0887. The van der Waals surface area contributed by atoms with Crippen molar-refractivity contribution in [3.05, 3.63) is 89.2 Å². The second-order valence-corrected chi connectivity index (χ2v) is 9.06. The van der Waals surface area contributed by atoms with Crippen LogP contribution >= 0.6 is 0 Å². The van der Waals surface area contributed by atoms with Crippen molar-refractivity contribution in [1.29, 1.82) is 0 Å². The van der Waals surface area contributed by atoms with Gasteiger partial charge in [-0.2, -0.15) is 13.2 Å². The van der Waals surface area contributed by atoms with Crippen molar-refractivity contribution < 1.29 is 26.9 Å². The number of anilines is 1. The quantitative estimate of drug-likeness (QED) is 0.337. The van der Waals surface area contributed by atoms with Crippen molar-refractivity contribution in [3.8, 4) is 11.1 Å². The highest BCUT2D eigenvalue weighted by Crippen LogP contribution is 2.59. The first-order valence-electron chi connectivity index (χ1n) is 11.5. The molecule has 1 N–H and O–H groups in total. The van der Waals surface area contributed by atoms with E-state index < -0.39 is 23.3 Å². The molecule has 0 bridgehead atoms. The molecule has 3 aromatic heterocycles. The van der Waals surface area contributed by atoms with Gasteiger partial charge in [-0.1, -0.05) is 23.4 Å². The molecular formula is C26H21F4N5O2. The van der Waals surface area contributed by atoms with Gasteiger partial charge in [0.05, 0.1) is 6.42 Å². The van der Waals surface area contributed by atoms with Crippen LogP contribution in [0.5, 0.6) is 0 Å². The molecule has 1 fully saturated rings. The number of carbonyl (C=O) groups is 1. The Hall–Kier alpha value is -4.15. The van der Waals surface area contributed by atoms with Gasteiger partial charge in [-0.15, -0.1) is 0 Å². The van der Waals surface area contributed by atoms with Crippen LogP contribution < -0.4 is 5.32 Å². The van der Waals surface area contributed by atoms with E-state index in [0.29, 0.717) is 23.4 Å². The topological polar surface area (TPSA) is 93.8 Å². The number of halogens is 4. The summed E-state index contributed by atoms with van der Waals surface area (Å²) in [4.78, 5) is 25.3. The normalized spacial score (nSPS) is 14.4. The fraction of sp³-hybridized carbons (Fsp3) is 0.269. The molecule has 0 unspecified atom stereocenters. The van der Waals surface area contributed by atoms with E-state index in [0.717, 1.165) is 17.3 Å². The monoisotopic (exact) mass is 511 g/mol. The lowest BCUT2D eigenvalue weighted by Crippen LogP contribution is -2.28. The highest BCUT2D eigenvalue weighted by Gasteiger charge is 2.66. The smallest absolute Gasteiger partial charge is 0.358 e. The molecule has 0 aliphatic heterocycles. The summed E-state index contributed by atoms with van der Waals surface area (Å²) < 4.78 is 59.3. The number of carbonyl (C=O) groups excluding carboxylic acids is 1. The maximum atomic E-state index is 14.7. The first-order chi connectivity index (χ1) is 17.6. The third-order valence-corrected chi connectivity index (χ3v) is 6.32. The largest absolute Gasteiger partial charge is 0.401 e. The number of amides is 1.